The molecule has 0 spiro atoms. The topological polar surface area (TPSA) is 105 Å². The Morgan fingerprint density at radius 1 is 0.816 bits per heavy atom. The number of esters is 2. The van der Waals surface area contributed by atoms with Crippen molar-refractivity contribution in [3.05, 3.63) is 100 Å². The summed E-state index contributed by atoms with van der Waals surface area (Å²) in [5.41, 5.74) is -1.01. The summed E-state index contributed by atoms with van der Waals surface area (Å²) >= 11 is 0. The molecule has 0 aliphatic rings. The zero-order valence-electron chi connectivity index (χ0n) is 19.3. The number of alkyl halides is 3. The van der Waals surface area contributed by atoms with E-state index < -0.39 is 40.6 Å². The lowest BCUT2D eigenvalue weighted by Crippen LogP contribution is -2.15. The molecule has 0 fully saturated rings. The molecular formula is C27H15F3O8. The van der Waals surface area contributed by atoms with Crippen LogP contribution < -0.4 is 14.9 Å². The number of rotatable bonds is 5. The molecule has 0 N–H and O–H groups in total. The SMILES string of the molecule is COC(=O)c1ccc(Oc2c(C(F)(F)F)oc3cc(OC(=O)c4cc5ccccc5o4)ccc3c2=O)cc1. The maximum Gasteiger partial charge on any atom is 0.453 e. The van der Waals surface area contributed by atoms with Gasteiger partial charge in [0.2, 0.25) is 16.9 Å². The Morgan fingerprint density at radius 2 is 1.53 bits per heavy atom. The summed E-state index contributed by atoms with van der Waals surface area (Å²) in [5, 5.41) is 0.411. The first-order valence-electron chi connectivity index (χ1n) is 10.9. The molecule has 11 heteroatoms. The van der Waals surface area contributed by atoms with Crippen molar-refractivity contribution in [3.8, 4) is 17.2 Å². The Labute approximate surface area is 210 Å². The largest absolute Gasteiger partial charge is 0.465 e. The van der Waals surface area contributed by atoms with Crippen molar-refractivity contribution in [2.75, 3.05) is 7.11 Å². The van der Waals surface area contributed by atoms with Crippen LogP contribution in [0.2, 0.25) is 0 Å². The van der Waals surface area contributed by atoms with Gasteiger partial charge in [0.1, 0.15) is 22.7 Å². The van der Waals surface area contributed by atoms with E-state index in [9.17, 15) is 27.6 Å². The van der Waals surface area contributed by atoms with E-state index >= 15 is 0 Å². The average Bonchev–Trinajstić information content (AvgIpc) is 3.34. The van der Waals surface area contributed by atoms with Crippen LogP contribution in [0.15, 0.2) is 86.4 Å². The second-order valence-corrected chi connectivity index (χ2v) is 7.90. The average molecular weight is 524 g/mol. The van der Waals surface area contributed by atoms with Crippen molar-refractivity contribution < 1.29 is 45.8 Å². The minimum atomic E-state index is -5.10. The van der Waals surface area contributed by atoms with Gasteiger partial charge in [-0.3, -0.25) is 4.79 Å². The zero-order chi connectivity index (χ0) is 27.0. The summed E-state index contributed by atoms with van der Waals surface area (Å²) in [5.74, 6) is -4.78. The van der Waals surface area contributed by atoms with Crippen LogP contribution in [0.3, 0.4) is 0 Å². The third kappa shape index (κ3) is 4.69. The highest BCUT2D eigenvalue weighted by Crippen LogP contribution is 2.38. The van der Waals surface area contributed by atoms with Crippen molar-refractivity contribution in [2.24, 2.45) is 0 Å². The predicted octanol–water partition coefficient (Wildman–Crippen LogP) is 6.36. The highest BCUT2D eigenvalue weighted by Gasteiger charge is 2.40. The number of benzene rings is 3. The minimum absolute atomic E-state index is 0.120. The normalized spacial score (nSPS) is 11.5. The van der Waals surface area contributed by atoms with Crippen molar-refractivity contribution in [2.45, 2.75) is 6.18 Å². The number of para-hydroxylation sites is 1. The molecule has 5 aromatic rings. The number of hydrogen-bond donors (Lipinski definition) is 0. The molecule has 3 aromatic carbocycles. The van der Waals surface area contributed by atoms with Gasteiger partial charge in [-0.15, -0.1) is 0 Å². The molecule has 5 rings (SSSR count). The number of hydrogen-bond acceptors (Lipinski definition) is 8. The highest BCUT2D eigenvalue weighted by atomic mass is 19.4. The first-order chi connectivity index (χ1) is 18.1. The lowest BCUT2D eigenvalue weighted by molar-refractivity contribution is -0.154. The first-order valence-corrected chi connectivity index (χ1v) is 10.9. The Hall–Kier alpha value is -5.06. The molecule has 0 atom stereocenters. The first kappa shape index (κ1) is 24.6. The van der Waals surface area contributed by atoms with Gasteiger partial charge in [0.05, 0.1) is 18.1 Å². The van der Waals surface area contributed by atoms with Gasteiger partial charge in [0, 0.05) is 11.5 Å². The monoisotopic (exact) mass is 524 g/mol. The van der Waals surface area contributed by atoms with Crippen LogP contribution >= 0.6 is 0 Å². The van der Waals surface area contributed by atoms with Crippen LogP contribution in [-0.4, -0.2) is 19.0 Å². The van der Waals surface area contributed by atoms with Crippen LogP contribution in [0.4, 0.5) is 13.2 Å². The third-order valence-electron chi connectivity index (χ3n) is 5.41. The quantitative estimate of drug-likeness (QED) is 0.193. The van der Waals surface area contributed by atoms with Crippen LogP contribution in [0.5, 0.6) is 17.2 Å². The molecule has 2 heterocycles. The Balaban J connectivity index is 1.49. The van der Waals surface area contributed by atoms with Gasteiger partial charge >= 0.3 is 18.1 Å². The fourth-order valence-corrected chi connectivity index (χ4v) is 3.63. The number of fused-ring (bicyclic) bond motifs is 2. The van der Waals surface area contributed by atoms with Crippen LogP contribution in [-0.2, 0) is 10.9 Å². The maximum atomic E-state index is 13.8. The van der Waals surface area contributed by atoms with E-state index in [1.165, 1.54) is 43.5 Å². The smallest absolute Gasteiger partial charge is 0.453 e. The van der Waals surface area contributed by atoms with Gasteiger partial charge in [-0.2, -0.15) is 13.2 Å². The zero-order valence-corrected chi connectivity index (χ0v) is 19.3. The van der Waals surface area contributed by atoms with Gasteiger partial charge in [-0.1, -0.05) is 18.2 Å². The second kappa shape index (κ2) is 9.43. The van der Waals surface area contributed by atoms with E-state index in [2.05, 4.69) is 4.74 Å². The van der Waals surface area contributed by atoms with Gasteiger partial charge in [0.25, 0.3) is 5.76 Å². The number of carbonyl (C=O) groups excluding carboxylic acids is 2. The number of carbonyl (C=O) groups is 2. The van der Waals surface area contributed by atoms with E-state index in [4.69, 9.17) is 18.3 Å². The summed E-state index contributed by atoms with van der Waals surface area (Å²) in [6.07, 6.45) is -5.10. The molecular weight excluding hydrogens is 509 g/mol. The lowest BCUT2D eigenvalue weighted by atomic mass is 10.2. The van der Waals surface area contributed by atoms with Crippen LogP contribution in [0, 0.1) is 0 Å². The van der Waals surface area contributed by atoms with Crippen LogP contribution in [0.1, 0.15) is 26.7 Å². The summed E-state index contributed by atoms with van der Waals surface area (Å²) in [4.78, 5) is 37.1. The van der Waals surface area contributed by atoms with Crippen LogP contribution in [0.25, 0.3) is 21.9 Å². The molecule has 2 aromatic heterocycles. The maximum absolute atomic E-state index is 13.8. The summed E-state index contributed by atoms with van der Waals surface area (Å²) < 4.78 is 67.0. The van der Waals surface area contributed by atoms with Crippen molar-refractivity contribution in [3.63, 3.8) is 0 Å². The fourth-order valence-electron chi connectivity index (χ4n) is 3.63. The molecule has 0 unspecified atom stereocenters. The Morgan fingerprint density at radius 3 is 2.21 bits per heavy atom. The molecule has 192 valence electrons. The molecule has 8 nitrogen and oxygen atoms in total. The molecule has 0 bridgehead atoms. The lowest BCUT2D eigenvalue weighted by Gasteiger charge is -2.13. The highest BCUT2D eigenvalue weighted by molar-refractivity contribution is 5.94. The minimum Gasteiger partial charge on any atom is -0.465 e. The predicted molar refractivity (Wildman–Crippen MR) is 127 cm³/mol. The van der Waals surface area contributed by atoms with Crippen molar-refractivity contribution in [1.29, 1.82) is 0 Å². The Bertz CT molecular complexity index is 1710. The van der Waals surface area contributed by atoms with Crippen molar-refractivity contribution in [1.82, 2.24) is 0 Å². The number of methoxy groups -OCH3 is 1. The Kier molecular flexibility index (Phi) is 6.11. The third-order valence-corrected chi connectivity index (χ3v) is 5.41. The van der Waals surface area contributed by atoms with Crippen molar-refractivity contribution >= 4 is 33.9 Å². The molecule has 0 saturated carbocycles. The van der Waals surface area contributed by atoms with E-state index in [0.717, 1.165) is 12.1 Å². The summed E-state index contributed by atoms with van der Waals surface area (Å²) in [6.45, 7) is 0. The second-order valence-electron chi connectivity index (χ2n) is 7.90. The molecule has 0 aliphatic heterocycles. The summed E-state index contributed by atoms with van der Waals surface area (Å²) in [7, 11) is 1.17. The van der Waals surface area contributed by atoms with E-state index in [-0.39, 0.29) is 28.2 Å². The number of halogens is 3. The standard InChI is InChI=1S/C27H15F3O8/c1-34-25(32)14-6-8-16(9-7-14)35-23-22(31)18-11-10-17(13-20(18)38-24(23)27(28,29)30)36-26(33)21-12-15-4-2-3-5-19(15)37-21/h2-13H,1H3. The molecule has 0 aliphatic carbocycles. The molecule has 38 heavy (non-hydrogen) atoms. The molecule has 0 saturated heterocycles. The van der Waals surface area contributed by atoms with Gasteiger partial charge in [-0.05, 0) is 48.5 Å². The van der Waals surface area contributed by atoms with E-state index in [1.54, 1.807) is 24.3 Å². The van der Waals surface area contributed by atoms with Gasteiger partial charge in [0.15, 0.2) is 0 Å². The van der Waals surface area contributed by atoms with Gasteiger partial charge in [-0.25, -0.2) is 9.59 Å². The summed E-state index contributed by atoms with van der Waals surface area (Å²) in [6, 6.07) is 16.6. The van der Waals surface area contributed by atoms with E-state index in [0.29, 0.717) is 11.0 Å². The molecule has 0 amide bonds. The van der Waals surface area contributed by atoms with E-state index in [1.807, 2.05) is 0 Å². The van der Waals surface area contributed by atoms with Gasteiger partial charge < -0.3 is 23.0 Å². The number of ether oxygens (including phenoxy) is 3. The fraction of sp³-hybridized carbons (Fsp3) is 0.0741. The molecule has 0 radical (unpaired) electrons. The number of furan rings is 1.